The predicted molar refractivity (Wildman–Crippen MR) is 111 cm³/mol. The minimum Gasteiger partial charge on any atom is -0.339 e. The van der Waals surface area contributed by atoms with E-state index in [2.05, 4.69) is 38.6 Å². The fourth-order valence-corrected chi connectivity index (χ4v) is 2.99. The molecule has 6 nitrogen and oxygen atoms in total. The van der Waals surface area contributed by atoms with Gasteiger partial charge in [0.2, 0.25) is 0 Å². The van der Waals surface area contributed by atoms with E-state index in [0.717, 1.165) is 23.0 Å². The molecule has 2 N–H and O–H groups in total. The Morgan fingerprint density at radius 1 is 0.893 bits per heavy atom. The maximum Gasteiger partial charge on any atom is 0.275 e. The van der Waals surface area contributed by atoms with Crippen LogP contribution in [0.3, 0.4) is 0 Å². The number of aromatic nitrogens is 3. The summed E-state index contributed by atoms with van der Waals surface area (Å²) in [6.07, 6.45) is 5.63. The average molecular weight is 369 g/mol. The Morgan fingerprint density at radius 3 is 2.54 bits per heavy atom. The van der Waals surface area contributed by atoms with Crippen LogP contribution in [0.15, 0.2) is 73.2 Å². The molecular formula is C22H19N5O. The molecule has 2 aromatic heterocycles. The van der Waals surface area contributed by atoms with Crippen molar-refractivity contribution in [1.82, 2.24) is 15.0 Å². The van der Waals surface area contributed by atoms with Crippen molar-refractivity contribution in [2.75, 3.05) is 10.6 Å². The summed E-state index contributed by atoms with van der Waals surface area (Å²) in [6, 6.07) is 17.5. The molecule has 6 heteroatoms. The van der Waals surface area contributed by atoms with E-state index >= 15 is 0 Å². The minimum atomic E-state index is -0.328. The Hall–Kier alpha value is -3.80. The van der Waals surface area contributed by atoms with Gasteiger partial charge in [0.25, 0.3) is 5.91 Å². The lowest BCUT2D eigenvalue weighted by molar-refractivity contribution is 0.102. The van der Waals surface area contributed by atoms with E-state index in [4.69, 9.17) is 0 Å². The molecule has 0 fully saturated rings. The first-order valence-corrected chi connectivity index (χ1v) is 9.06. The number of para-hydroxylation sites is 2. The van der Waals surface area contributed by atoms with Gasteiger partial charge in [0.15, 0.2) is 0 Å². The van der Waals surface area contributed by atoms with E-state index in [1.54, 1.807) is 12.4 Å². The zero-order valence-corrected chi connectivity index (χ0v) is 15.4. The Kier molecular flexibility index (Phi) is 4.93. The van der Waals surface area contributed by atoms with E-state index in [-0.39, 0.29) is 11.6 Å². The van der Waals surface area contributed by atoms with Crippen LogP contribution in [0.4, 0.5) is 17.2 Å². The largest absolute Gasteiger partial charge is 0.339 e. The molecule has 2 heterocycles. The van der Waals surface area contributed by atoms with E-state index in [1.807, 2.05) is 48.5 Å². The summed E-state index contributed by atoms with van der Waals surface area (Å²) in [5.41, 5.74) is 3.79. The van der Waals surface area contributed by atoms with Crippen LogP contribution in [-0.4, -0.2) is 20.9 Å². The molecule has 4 rings (SSSR count). The summed E-state index contributed by atoms with van der Waals surface area (Å²) in [7, 11) is 0. The Morgan fingerprint density at radius 2 is 1.71 bits per heavy atom. The lowest BCUT2D eigenvalue weighted by atomic mass is 10.1. The number of hydrogen-bond acceptors (Lipinski definition) is 5. The van der Waals surface area contributed by atoms with Gasteiger partial charge in [-0.25, -0.2) is 9.97 Å². The van der Waals surface area contributed by atoms with Crippen molar-refractivity contribution in [2.45, 2.75) is 13.3 Å². The molecule has 0 saturated heterocycles. The number of nitrogens with zero attached hydrogens (tertiary/aromatic N) is 3. The quantitative estimate of drug-likeness (QED) is 0.538. The highest BCUT2D eigenvalue weighted by Gasteiger charge is 2.11. The maximum absolute atomic E-state index is 12.6. The molecule has 28 heavy (non-hydrogen) atoms. The molecule has 0 atom stereocenters. The summed E-state index contributed by atoms with van der Waals surface area (Å²) >= 11 is 0. The molecule has 0 bridgehead atoms. The summed E-state index contributed by atoms with van der Waals surface area (Å²) in [5.74, 6) is 0.260. The summed E-state index contributed by atoms with van der Waals surface area (Å²) in [4.78, 5) is 25.5. The molecule has 0 aliphatic heterocycles. The number of anilines is 3. The average Bonchev–Trinajstić information content (AvgIpc) is 2.75. The third-order valence-corrected chi connectivity index (χ3v) is 4.43. The van der Waals surface area contributed by atoms with Crippen molar-refractivity contribution in [3.8, 4) is 0 Å². The number of aryl methyl sites for hydroxylation is 1. The van der Waals surface area contributed by atoms with Crippen LogP contribution in [0.25, 0.3) is 10.9 Å². The van der Waals surface area contributed by atoms with Crippen molar-refractivity contribution < 1.29 is 4.79 Å². The number of hydrogen-bond donors (Lipinski definition) is 2. The van der Waals surface area contributed by atoms with Crippen molar-refractivity contribution >= 4 is 34.0 Å². The van der Waals surface area contributed by atoms with Crippen LogP contribution in [0.2, 0.25) is 0 Å². The van der Waals surface area contributed by atoms with Crippen molar-refractivity contribution in [2.24, 2.45) is 0 Å². The number of fused-ring (bicyclic) bond motifs is 1. The highest BCUT2D eigenvalue weighted by Crippen LogP contribution is 2.22. The van der Waals surface area contributed by atoms with Gasteiger partial charge in [-0.3, -0.25) is 9.78 Å². The van der Waals surface area contributed by atoms with Crippen LogP contribution < -0.4 is 10.6 Å². The Labute approximate surface area is 162 Å². The lowest BCUT2D eigenvalue weighted by Gasteiger charge is -2.10. The zero-order valence-electron chi connectivity index (χ0n) is 15.4. The van der Waals surface area contributed by atoms with Gasteiger partial charge in [-0.2, -0.15) is 0 Å². The maximum atomic E-state index is 12.6. The molecule has 0 unspecified atom stereocenters. The van der Waals surface area contributed by atoms with E-state index in [1.165, 1.54) is 11.8 Å². The molecule has 0 aliphatic carbocycles. The summed E-state index contributed by atoms with van der Waals surface area (Å²) < 4.78 is 0. The highest BCUT2D eigenvalue weighted by molar-refractivity contribution is 6.07. The Bertz CT molecular complexity index is 1120. The van der Waals surface area contributed by atoms with Gasteiger partial charge in [-0.1, -0.05) is 43.3 Å². The van der Waals surface area contributed by atoms with Gasteiger partial charge >= 0.3 is 0 Å². The van der Waals surface area contributed by atoms with Crippen LogP contribution in [0, 0.1) is 0 Å². The number of carbonyl (C=O) groups excluding carboxylic acids is 1. The van der Waals surface area contributed by atoms with Crippen molar-refractivity contribution in [3.05, 3.63) is 84.4 Å². The van der Waals surface area contributed by atoms with Gasteiger partial charge in [0.1, 0.15) is 11.5 Å². The number of benzene rings is 2. The van der Waals surface area contributed by atoms with Crippen molar-refractivity contribution in [3.63, 3.8) is 0 Å². The summed E-state index contributed by atoms with van der Waals surface area (Å²) in [5, 5.41) is 7.07. The number of carbonyl (C=O) groups is 1. The predicted octanol–water partition coefficient (Wildman–Crippen LogP) is 4.58. The lowest BCUT2D eigenvalue weighted by Crippen LogP contribution is -2.14. The van der Waals surface area contributed by atoms with E-state index < -0.39 is 0 Å². The molecule has 0 spiro atoms. The first kappa shape index (κ1) is 17.6. The van der Waals surface area contributed by atoms with Gasteiger partial charge < -0.3 is 10.6 Å². The smallest absolute Gasteiger partial charge is 0.275 e. The van der Waals surface area contributed by atoms with Crippen molar-refractivity contribution in [1.29, 1.82) is 0 Å². The second kappa shape index (κ2) is 7.84. The standard InChI is InChI=1S/C22H19N5O/c1-2-15-7-3-4-10-17(15)26-20-14-24-19(13-25-20)22(28)27-18-11-5-8-16-9-6-12-23-21(16)18/h3-14H,2H2,1H3,(H,25,26)(H,27,28). The second-order valence-corrected chi connectivity index (χ2v) is 6.26. The third kappa shape index (κ3) is 3.66. The van der Waals surface area contributed by atoms with E-state index in [9.17, 15) is 4.79 Å². The topological polar surface area (TPSA) is 79.8 Å². The number of nitrogens with one attached hydrogen (secondary N) is 2. The minimum absolute atomic E-state index is 0.238. The fraction of sp³-hybridized carbons (Fsp3) is 0.0909. The zero-order chi connectivity index (χ0) is 19.3. The van der Waals surface area contributed by atoms with Gasteiger partial charge in [-0.15, -0.1) is 0 Å². The Balaban J connectivity index is 1.51. The SMILES string of the molecule is CCc1ccccc1Nc1cnc(C(=O)Nc2cccc3cccnc23)cn1. The monoisotopic (exact) mass is 369 g/mol. The van der Waals surface area contributed by atoms with Gasteiger partial charge in [0, 0.05) is 17.3 Å². The molecule has 0 radical (unpaired) electrons. The van der Waals surface area contributed by atoms with Crippen LogP contribution in [0.5, 0.6) is 0 Å². The first-order valence-electron chi connectivity index (χ1n) is 9.06. The number of rotatable bonds is 5. The highest BCUT2D eigenvalue weighted by atomic mass is 16.1. The normalized spacial score (nSPS) is 10.6. The third-order valence-electron chi connectivity index (χ3n) is 4.43. The van der Waals surface area contributed by atoms with Crippen LogP contribution in [-0.2, 0) is 6.42 Å². The molecule has 2 aromatic carbocycles. The molecule has 0 aliphatic rings. The number of pyridine rings is 1. The summed E-state index contributed by atoms with van der Waals surface area (Å²) in [6.45, 7) is 2.10. The number of amides is 1. The second-order valence-electron chi connectivity index (χ2n) is 6.26. The van der Waals surface area contributed by atoms with Crippen LogP contribution >= 0.6 is 0 Å². The molecule has 0 saturated carbocycles. The van der Waals surface area contributed by atoms with E-state index in [0.29, 0.717) is 11.5 Å². The van der Waals surface area contributed by atoms with Gasteiger partial charge in [-0.05, 0) is 30.2 Å². The van der Waals surface area contributed by atoms with Gasteiger partial charge in [0.05, 0.1) is 23.6 Å². The molecular weight excluding hydrogens is 350 g/mol. The molecule has 4 aromatic rings. The fourth-order valence-electron chi connectivity index (χ4n) is 2.99. The molecule has 138 valence electrons. The van der Waals surface area contributed by atoms with Crippen LogP contribution in [0.1, 0.15) is 23.0 Å². The first-order chi connectivity index (χ1) is 13.7. The molecule has 1 amide bonds.